The van der Waals surface area contributed by atoms with Gasteiger partial charge in [-0.3, -0.25) is 9.59 Å². The SMILES string of the molecule is Cc1ccc(-c2cc(C(F)(F)F)c3c(N)ncnn23)cc1C(=O)N[C@@H]1CN(C(=O)C(C)(O)C(F)(F)F)C[C@@H]1F. The Labute approximate surface area is 215 Å². The number of rotatable bonds is 4. The molecule has 4 rings (SSSR count). The molecular weight excluding hydrogens is 541 g/mol. The van der Waals surface area contributed by atoms with E-state index in [1.165, 1.54) is 25.1 Å². The average Bonchev–Trinajstić information content (AvgIpc) is 3.40. The molecule has 3 heterocycles. The van der Waals surface area contributed by atoms with Gasteiger partial charge in [0, 0.05) is 17.7 Å². The lowest BCUT2D eigenvalue weighted by atomic mass is 10.0. The number of amides is 2. The van der Waals surface area contributed by atoms with Crippen LogP contribution in [0.15, 0.2) is 30.6 Å². The summed E-state index contributed by atoms with van der Waals surface area (Å²) >= 11 is 0. The van der Waals surface area contributed by atoms with Gasteiger partial charge >= 0.3 is 12.4 Å². The predicted molar refractivity (Wildman–Crippen MR) is 122 cm³/mol. The van der Waals surface area contributed by atoms with Crippen molar-refractivity contribution in [3.8, 4) is 11.3 Å². The van der Waals surface area contributed by atoms with Gasteiger partial charge in [0.25, 0.3) is 11.8 Å². The monoisotopic (exact) mass is 562 g/mol. The summed E-state index contributed by atoms with van der Waals surface area (Å²) in [6.07, 6.45) is -11.1. The number of nitrogens with one attached hydrogen (secondary N) is 1. The molecular formula is C23H21F7N6O3. The van der Waals surface area contributed by atoms with Crippen LogP contribution in [0.3, 0.4) is 0 Å². The number of likely N-dealkylation sites (tertiary alicyclic amines) is 1. The Morgan fingerprint density at radius 2 is 1.79 bits per heavy atom. The van der Waals surface area contributed by atoms with E-state index in [0.29, 0.717) is 10.5 Å². The van der Waals surface area contributed by atoms with Gasteiger partial charge in [-0.05, 0) is 31.5 Å². The number of carbonyl (C=O) groups is 2. The molecule has 1 aliphatic rings. The number of nitrogens with two attached hydrogens (primary N) is 1. The van der Waals surface area contributed by atoms with Gasteiger partial charge in [-0.2, -0.15) is 31.4 Å². The van der Waals surface area contributed by atoms with Crippen molar-refractivity contribution in [1.82, 2.24) is 24.8 Å². The number of benzene rings is 1. The third-order valence-electron chi connectivity index (χ3n) is 6.49. The van der Waals surface area contributed by atoms with Gasteiger partial charge in [0.2, 0.25) is 5.60 Å². The van der Waals surface area contributed by atoms with Crippen LogP contribution >= 0.6 is 0 Å². The van der Waals surface area contributed by atoms with Crippen molar-refractivity contribution in [2.75, 3.05) is 18.8 Å². The first-order valence-electron chi connectivity index (χ1n) is 11.3. The van der Waals surface area contributed by atoms with Gasteiger partial charge in [0.05, 0.1) is 23.8 Å². The molecule has 9 nitrogen and oxygen atoms in total. The van der Waals surface area contributed by atoms with Crippen LogP contribution in [0, 0.1) is 6.92 Å². The van der Waals surface area contributed by atoms with Gasteiger partial charge in [0.15, 0.2) is 5.82 Å². The summed E-state index contributed by atoms with van der Waals surface area (Å²) in [5.41, 5.74) is 0.640. The molecule has 3 aromatic rings. The molecule has 0 spiro atoms. The highest BCUT2D eigenvalue weighted by atomic mass is 19.4. The molecule has 3 atom stereocenters. The Balaban J connectivity index is 1.62. The molecule has 4 N–H and O–H groups in total. The minimum Gasteiger partial charge on any atom is -0.382 e. The second-order valence-corrected chi connectivity index (χ2v) is 9.25. The van der Waals surface area contributed by atoms with E-state index in [1.807, 2.05) is 0 Å². The number of carbonyl (C=O) groups excluding carboxylic acids is 2. The fraction of sp³-hybridized carbons (Fsp3) is 0.391. The Bertz CT molecular complexity index is 1450. The highest BCUT2D eigenvalue weighted by Gasteiger charge is 2.58. The van der Waals surface area contributed by atoms with E-state index in [9.17, 15) is 45.4 Å². The molecule has 1 fully saturated rings. The number of hydrogen-bond donors (Lipinski definition) is 3. The van der Waals surface area contributed by atoms with Crippen LogP contribution < -0.4 is 11.1 Å². The molecule has 1 aromatic carbocycles. The van der Waals surface area contributed by atoms with Crippen LogP contribution in [-0.4, -0.2) is 73.5 Å². The lowest BCUT2D eigenvalue weighted by Gasteiger charge is -2.29. The molecule has 1 aliphatic heterocycles. The van der Waals surface area contributed by atoms with Gasteiger partial charge in [0.1, 0.15) is 18.0 Å². The lowest BCUT2D eigenvalue weighted by molar-refractivity contribution is -0.249. The van der Waals surface area contributed by atoms with E-state index in [0.717, 1.165) is 16.9 Å². The fourth-order valence-electron chi connectivity index (χ4n) is 4.26. The maximum absolute atomic E-state index is 14.6. The predicted octanol–water partition coefficient (Wildman–Crippen LogP) is 2.90. The number of alkyl halides is 7. The van der Waals surface area contributed by atoms with Gasteiger partial charge in [-0.1, -0.05) is 12.1 Å². The second kappa shape index (κ2) is 9.36. The summed E-state index contributed by atoms with van der Waals surface area (Å²) in [5.74, 6) is -3.08. The van der Waals surface area contributed by atoms with Crippen molar-refractivity contribution in [2.45, 2.75) is 44.0 Å². The van der Waals surface area contributed by atoms with Crippen molar-refractivity contribution < 1.29 is 45.4 Å². The number of aryl methyl sites for hydroxylation is 1. The topological polar surface area (TPSA) is 126 Å². The van der Waals surface area contributed by atoms with E-state index in [1.54, 1.807) is 0 Å². The molecule has 16 heteroatoms. The van der Waals surface area contributed by atoms with Crippen LogP contribution in [0.5, 0.6) is 0 Å². The molecule has 39 heavy (non-hydrogen) atoms. The molecule has 0 radical (unpaired) electrons. The lowest BCUT2D eigenvalue weighted by Crippen LogP contribution is -2.56. The quantitative estimate of drug-likeness (QED) is 0.420. The zero-order chi connectivity index (χ0) is 29.1. The maximum atomic E-state index is 14.6. The largest absolute Gasteiger partial charge is 0.426 e. The molecule has 2 aromatic heterocycles. The van der Waals surface area contributed by atoms with Crippen LogP contribution in [-0.2, 0) is 11.0 Å². The number of nitrogens with zero attached hydrogens (tertiary/aromatic N) is 4. The van der Waals surface area contributed by atoms with Gasteiger partial charge in [-0.15, -0.1) is 0 Å². The van der Waals surface area contributed by atoms with E-state index in [2.05, 4.69) is 15.4 Å². The Morgan fingerprint density at radius 3 is 2.41 bits per heavy atom. The fourth-order valence-corrected chi connectivity index (χ4v) is 4.26. The Hall–Kier alpha value is -3.95. The summed E-state index contributed by atoms with van der Waals surface area (Å²) in [6, 6.07) is 3.48. The molecule has 0 aliphatic carbocycles. The highest BCUT2D eigenvalue weighted by molar-refractivity contribution is 5.97. The molecule has 1 unspecified atom stereocenters. The standard InChI is InChI=1S/C23H21F7N6O3/c1-10-3-4-11(16-6-13(22(25,26)27)17-18(31)32-9-33-36(16)17)5-12(10)19(37)34-15-8-35(7-14(15)24)20(38)21(2,39)23(28,29)30/h3-6,9,14-15,39H,7-8H2,1-2H3,(H,34,37)(H2,31,32,33)/t14-,15+,21?/m0/s1. The Morgan fingerprint density at radius 1 is 1.13 bits per heavy atom. The summed E-state index contributed by atoms with van der Waals surface area (Å²) in [7, 11) is 0. The first kappa shape index (κ1) is 28.1. The summed E-state index contributed by atoms with van der Waals surface area (Å²) < 4.78 is 95.6. The summed E-state index contributed by atoms with van der Waals surface area (Å²) in [4.78, 5) is 29.3. The molecule has 0 bridgehead atoms. The molecule has 210 valence electrons. The van der Waals surface area contributed by atoms with Crippen molar-refractivity contribution in [3.63, 3.8) is 0 Å². The smallest absolute Gasteiger partial charge is 0.382 e. The first-order chi connectivity index (χ1) is 17.9. The number of nitrogen functional groups attached to an aromatic ring is 1. The van der Waals surface area contributed by atoms with Crippen LogP contribution in [0.4, 0.5) is 36.6 Å². The summed E-state index contributed by atoms with van der Waals surface area (Å²) in [6.45, 7) is 0.309. The van der Waals surface area contributed by atoms with Gasteiger partial charge < -0.3 is 21.1 Å². The van der Waals surface area contributed by atoms with Crippen LogP contribution in [0.1, 0.15) is 28.4 Å². The minimum absolute atomic E-state index is 0.0719. The van der Waals surface area contributed by atoms with E-state index in [-0.39, 0.29) is 23.7 Å². The Kier molecular flexibility index (Phi) is 6.73. The highest BCUT2D eigenvalue weighted by Crippen LogP contribution is 2.39. The normalized spacial score (nSPS) is 19.8. The second-order valence-electron chi connectivity index (χ2n) is 9.25. The third kappa shape index (κ3) is 4.95. The number of halogens is 7. The van der Waals surface area contributed by atoms with E-state index < -0.39 is 72.0 Å². The third-order valence-corrected chi connectivity index (χ3v) is 6.49. The van der Waals surface area contributed by atoms with Gasteiger partial charge in [-0.25, -0.2) is 13.9 Å². The van der Waals surface area contributed by atoms with Crippen molar-refractivity contribution in [1.29, 1.82) is 0 Å². The number of aliphatic hydroxyl groups is 1. The van der Waals surface area contributed by atoms with Crippen molar-refractivity contribution >= 4 is 23.1 Å². The van der Waals surface area contributed by atoms with Crippen molar-refractivity contribution in [2.24, 2.45) is 0 Å². The number of anilines is 1. The average molecular weight is 562 g/mol. The minimum atomic E-state index is -5.31. The van der Waals surface area contributed by atoms with Crippen LogP contribution in [0.25, 0.3) is 16.8 Å². The number of aromatic nitrogens is 3. The zero-order valence-corrected chi connectivity index (χ0v) is 20.2. The molecule has 0 saturated carbocycles. The zero-order valence-electron chi connectivity index (χ0n) is 20.2. The molecule has 2 amide bonds. The van der Waals surface area contributed by atoms with Crippen molar-refractivity contribution in [3.05, 3.63) is 47.3 Å². The number of fused-ring (bicyclic) bond motifs is 1. The summed E-state index contributed by atoms with van der Waals surface area (Å²) in [5, 5.41) is 15.8. The number of hydrogen-bond acceptors (Lipinski definition) is 6. The maximum Gasteiger partial charge on any atom is 0.426 e. The first-order valence-corrected chi connectivity index (χ1v) is 11.3. The van der Waals surface area contributed by atoms with E-state index >= 15 is 0 Å². The molecule has 1 saturated heterocycles. The van der Waals surface area contributed by atoms with Crippen LogP contribution in [0.2, 0.25) is 0 Å². The van der Waals surface area contributed by atoms with E-state index in [4.69, 9.17) is 5.73 Å².